The molecule has 1 rings (SSSR count). The number of sulfonamides is 1. The first-order chi connectivity index (χ1) is 5.54. The summed E-state index contributed by atoms with van der Waals surface area (Å²) in [6.45, 7) is 1.14. The number of piperidine rings is 1. The summed E-state index contributed by atoms with van der Waals surface area (Å²) in [5, 5.41) is 0. The van der Waals surface area contributed by atoms with Gasteiger partial charge in [-0.25, -0.2) is 8.42 Å². The van der Waals surface area contributed by atoms with Crippen LogP contribution in [0.1, 0.15) is 12.8 Å². The number of hydrogen-bond donors (Lipinski definition) is 0. The second kappa shape index (κ2) is 4.21. The maximum atomic E-state index is 11.1. The third kappa shape index (κ3) is 2.82. The summed E-state index contributed by atoms with van der Waals surface area (Å²) in [5.41, 5.74) is 0. The molecular weight excluding hydrogens is 293 g/mol. The fourth-order valence-electron chi connectivity index (χ4n) is 1.28. The Bertz CT molecular complexity index is 241. The van der Waals surface area contributed by atoms with Crippen LogP contribution in [0.2, 0.25) is 0 Å². The van der Waals surface area contributed by atoms with E-state index in [1.807, 2.05) is 23.0 Å². The Kier molecular flexibility index (Phi) is 3.74. The van der Waals surface area contributed by atoms with E-state index in [1.54, 1.807) is 0 Å². The maximum absolute atomic E-state index is 11.1. The third-order valence-corrected chi connectivity index (χ3v) is 3.92. The van der Waals surface area contributed by atoms with Gasteiger partial charge in [-0.1, -0.05) is 0 Å². The van der Waals surface area contributed by atoms with Crippen LogP contribution in [0, 0.1) is 0 Å². The normalized spacial score (nSPS) is 27.3. The maximum Gasteiger partial charge on any atom is 0.211 e. The molecule has 1 heterocycles. The molecule has 0 N–H and O–H groups in total. The SMILES string of the molecule is CS(=O)(=O)N1CCCC(OI)C1. The Hall–Kier alpha value is 0.600. The molecule has 72 valence electrons. The summed E-state index contributed by atoms with van der Waals surface area (Å²) in [6, 6.07) is 0. The van der Waals surface area contributed by atoms with E-state index in [0.717, 1.165) is 12.8 Å². The zero-order valence-electron chi connectivity index (χ0n) is 6.86. The standard InChI is InChI=1S/C6H12INO3S/c1-12(9,10)8-4-2-3-6(5-8)11-7/h6H,2-5H2,1H3. The van der Waals surface area contributed by atoms with Gasteiger partial charge < -0.3 is 3.07 Å². The predicted octanol–water partition coefficient (Wildman–Crippen LogP) is 0.777. The average Bonchev–Trinajstić information content (AvgIpc) is 2.03. The molecule has 0 aliphatic carbocycles. The Labute approximate surface area is 87.0 Å². The molecule has 0 bridgehead atoms. The highest BCUT2D eigenvalue weighted by Crippen LogP contribution is 2.17. The Morgan fingerprint density at radius 3 is 2.75 bits per heavy atom. The van der Waals surface area contributed by atoms with Gasteiger partial charge in [0.15, 0.2) is 0 Å². The topological polar surface area (TPSA) is 46.6 Å². The minimum Gasteiger partial charge on any atom is -0.311 e. The van der Waals surface area contributed by atoms with Crippen molar-refractivity contribution in [2.45, 2.75) is 18.9 Å². The van der Waals surface area contributed by atoms with Crippen LogP contribution in [0.4, 0.5) is 0 Å². The fourth-order valence-corrected chi connectivity index (χ4v) is 2.59. The first-order valence-electron chi connectivity index (χ1n) is 3.76. The van der Waals surface area contributed by atoms with Crippen molar-refractivity contribution in [2.24, 2.45) is 0 Å². The van der Waals surface area contributed by atoms with Crippen molar-refractivity contribution in [3.63, 3.8) is 0 Å². The van der Waals surface area contributed by atoms with Gasteiger partial charge in [0.25, 0.3) is 0 Å². The number of halogens is 1. The molecule has 0 aromatic heterocycles. The molecule has 0 amide bonds. The molecule has 0 spiro atoms. The minimum atomic E-state index is -3.02. The van der Waals surface area contributed by atoms with Crippen LogP contribution in [0.5, 0.6) is 0 Å². The molecule has 0 aromatic carbocycles. The molecule has 0 saturated carbocycles. The van der Waals surface area contributed by atoms with E-state index < -0.39 is 10.0 Å². The summed E-state index contributed by atoms with van der Waals surface area (Å²) in [4.78, 5) is 0. The lowest BCUT2D eigenvalue weighted by Gasteiger charge is -2.28. The van der Waals surface area contributed by atoms with Crippen LogP contribution in [-0.4, -0.2) is 38.2 Å². The quantitative estimate of drug-likeness (QED) is 0.708. The molecule has 0 radical (unpaired) electrons. The van der Waals surface area contributed by atoms with Gasteiger partial charge in [0.05, 0.1) is 12.4 Å². The van der Waals surface area contributed by atoms with Crippen LogP contribution in [-0.2, 0) is 13.1 Å². The van der Waals surface area contributed by atoms with Crippen LogP contribution < -0.4 is 0 Å². The van der Waals surface area contributed by atoms with Crippen molar-refractivity contribution >= 4 is 33.0 Å². The molecule has 1 aliphatic rings. The van der Waals surface area contributed by atoms with Gasteiger partial charge in [-0.3, -0.25) is 0 Å². The van der Waals surface area contributed by atoms with E-state index in [0.29, 0.717) is 13.1 Å². The van der Waals surface area contributed by atoms with E-state index in [1.165, 1.54) is 10.6 Å². The number of nitrogens with zero attached hydrogens (tertiary/aromatic N) is 1. The van der Waals surface area contributed by atoms with Crippen molar-refractivity contribution in [3.8, 4) is 0 Å². The lowest BCUT2D eigenvalue weighted by molar-refractivity contribution is 0.177. The van der Waals surface area contributed by atoms with Crippen LogP contribution in [0.15, 0.2) is 0 Å². The van der Waals surface area contributed by atoms with E-state index in [2.05, 4.69) is 0 Å². The van der Waals surface area contributed by atoms with Crippen molar-refractivity contribution < 1.29 is 11.5 Å². The summed E-state index contributed by atoms with van der Waals surface area (Å²) < 4.78 is 28.8. The highest BCUT2D eigenvalue weighted by Gasteiger charge is 2.25. The molecule has 1 saturated heterocycles. The van der Waals surface area contributed by atoms with E-state index in [-0.39, 0.29) is 6.10 Å². The molecule has 1 aliphatic heterocycles. The monoisotopic (exact) mass is 305 g/mol. The summed E-state index contributed by atoms with van der Waals surface area (Å²) >= 11 is 1.82. The first-order valence-corrected chi connectivity index (χ1v) is 6.49. The first kappa shape index (κ1) is 10.7. The third-order valence-electron chi connectivity index (χ3n) is 1.94. The number of rotatable bonds is 2. The van der Waals surface area contributed by atoms with Gasteiger partial charge in [-0.2, -0.15) is 4.31 Å². The van der Waals surface area contributed by atoms with Crippen molar-refractivity contribution in [1.29, 1.82) is 0 Å². The predicted molar refractivity (Wildman–Crippen MR) is 54.5 cm³/mol. The zero-order valence-corrected chi connectivity index (χ0v) is 9.84. The largest absolute Gasteiger partial charge is 0.311 e. The number of hydrogen-bond acceptors (Lipinski definition) is 3. The second-order valence-electron chi connectivity index (χ2n) is 2.97. The Morgan fingerprint density at radius 1 is 1.58 bits per heavy atom. The van der Waals surface area contributed by atoms with E-state index in [4.69, 9.17) is 3.07 Å². The molecule has 1 atom stereocenters. The minimum absolute atomic E-state index is 0.0640. The Balaban J connectivity index is 2.58. The molecule has 12 heavy (non-hydrogen) atoms. The molecule has 1 fully saturated rings. The van der Waals surface area contributed by atoms with Crippen LogP contribution in [0.25, 0.3) is 0 Å². The Morgan fingerprint density at radius 2 is 2.25 bits per heavy atom. The van der Waals surface area contributed by atoms with Gasteiger partial charge in [-0.05, 0) is 12.8 Å². The molecule has 4 nitrogen and oxygen atoms in total. The van der Waals surface area contributed by atoms with Crippen LogP contribution in [0.3, 0.4) is 0 Å². The fraction of sp³-hybridized carbons (Fsp3) is 1.00. The smallest absolute Gasteiger partial charge is 0.211 e. The molecule has 1 unspecified atom stereocenters. The van der Waals surface area contributed by atoms with Crippen molar-refractivity contribution in [3.05, 3.63) is 0 Å². The van der Waals surface area contributed by atoms with Gasteiger partial charge in [0, 0.05) is 13.1 Å². The van der Waals surface area contributed by atoms with Crippen molar-refractivity contribution in [2.75, 3.05) is 19.3 Å². The van der Waals surface area contributed by atoms with E-state index in [9.17, 15) is 8.42 Å². The van der Waals surface area contributed by atoms with Gasteiger partial charge in [-0.15, -0.1) is 0 Å². The molecule has 0 aromatic rings. The molecular formula is C6H12INO3S. The summed E-state index contributed by atoms with van der Waals surface area (Å²) in [6.07, 6.45) is 3.15. The molecule has 6 heteroatoms. The second-order valence-corrected chi connectivity index (χ2v) is 5.47. The van der Waals surface area contributed by atoms with Gasteiger partial charge >= 0.3 is 0 Å². The highest BCUT2D eigenvalue weighted by atomic mass is 127. The zero-order chi connectivity index (χ0) is 9.19. The lowest BCUT2D eigenvalue weighted by Crippen LogP contribution is -2.41. The lowest BCUT2D eigenvalue weighted by atomic mass is 10.1. The highest BCUT2D eigenvalue weighted by molar-refractivity contribution is 14.1. The van der Waals surface area contributed by atoms with Crippen LogP contribution >= 0.6 is 23.0 Å². The van der Waals surface area contributed by atoms with Gasteiger partial charge in [0.2, 0.25) is 10.0 Å². The average molecular weight is 305 g/mol. The summed E-state index contributed by atoms with van der Waals surface area (Å²) in [5.74, 6) is 0. The van der Waals surface area contributed by atoms with Crippen molar-refractivity contribution in [1.82, 2.24) is 4.31 Å². The summed E-state index contributed by atoms with van der Waals surface area (Å²) in [7, 11) is -3.02. The van der Waals surface area contributed by atoms with E-state index >= 15 is 0 Å². The van der Waals surface area contributed by atoms with Gasteiger partial charge in [0.1, 0.15) is 23.0 Å².